The number of likely N-dealkylation sites (tertiary alicyclic amines) is 1. The topological polar surface area (TPSA) is 29.3 Å². The third-order valence-electron chi connectivity index (χ3n) is 5.18. The molecule has 92 valence electrons. The molecule has 0 aromatic rings. The summed E-state index contributed by atoms with van der Waals surface area (Å²) in [5.74, 6) is 1.82. The number of hydrogen-bond acceptors (Lipinski definition) is 2. The molecule has 16 heavy (non-hydrogen) atoms. The highest BCUT2D eigenvalue weighted by atomic mass is 15.2. The summed E-state index contributed by atoms with van der Waals surface area (Å²) in [5.41, 5.74) is 6.57. The van der Waals surface area contributed by atoms with Crippen LogP contribution in [0.25, 0.3) is 0 Å². The Labute approximate surface area is 99.6 Å². The van der Waals surface area contributed by atoms with Crippen LogP contribution < -0.4 is 5.73 Å². The number of hydrogen-bond donors (Lipinski definition) is 1. The fourth-order valence-electron chi connectivity index (χ4n) is 4.01. The molecule has 3 aliphatic rings. The minimum absolute atomic E-state index is 0.0896. The van der Waals surface area contributed by atoms with Gasteiger partial charge in [0, 0.05) is 18.1 Å². The maximum atomic E-state index is 6.48. The molecule has 2 saturated carbocycles. The van der Waals surface area contributed by atoms with Gasteiger partial charge in [-0.1, -0.05) is 12.8 Å². The van der Waals surface area contributed by atoms with Gasteiger partial charge in [0.2, 0.25) is 0 Å². The second-order valence-corrected chi connectivity index (χ2v) is 6.65. The lowest BCUT2D eigenvalue weighted by molar-refractivity contribution is 0.144. The molecule has 0 bridgehead atoms. The molecule has 3 fully saturated rings. The van der Waals surface area contributed by atoms with E-state index in [0.717, 1.165) is 24.4 Å². The van der Waals surface area contributed by atoms with Crippen molar-refractivity contribution < 1.29 is 0 Å². The minimum atomic E-state index is 0.0896. The number of nitrogens with zero attached hydrogens (tertiary/aromatic N) is 1. The summed E-state index contributed by atoms with van der Waals surface area (Å²) < 4.78 is 0. The van der Waals surface area contributed by atoms with E-state index >= 15 is 0 Å². The molecule has 2 N–H and O–H groups in total. The highest BCUT2D eigenvalue weighted by Crippen LogP contribution is 2.41. The zero-order valence-corrected chi connectivity index (χ0v) is 10.6. The van der Waals surface area contributed by atoms with Crippen LogP contribution in [0.4, 0.5) is 0 Å². The molecule has 1 aliphatic heterocycles. The van der Waals surface area contributed by atoms with Crippen LogP contribution in [0.1, 0.15) is 51.9 Å². The molecule has 1 heterocycles. The predicted octanol–water partition coefficient (Wildman–Crippen LogP) is 2.38. The minimum Gasteiger partial charge on any atom is -0.324 e. The highest BCUT2D eigenvalue weighted by molar-refractivity contribution is 5.00. The van der Waals surface area contributed by atoms with Gasteiger partial charge in [-0.2, -0.15) is 0 Å². The van der Waals surface area contributed by atoms with Crippen molar-refractivity contribution in [3.63, 3.8) is 0 Å². The van der Waals surface area contributed by atoms with E-state index < -0.39 is 0 Å². The third kappa shape index (κ3) is 2.02. The Balaban J connectivity index is 1.62. The average molecular weight is 222 g/mol. The summed E-state index contributed by atoms with van der Waals surface area (Å²) in [6.07, 6.45) is 10.0. The Morgan fingerprint density at radius 1 is 1.12 bits per heavy atom. The van der Waals surface area contributed by atoms with Gasteiger partial charge in [-0.05, 0) is 57.4 Å². The number of nitrogens with two attached hydrogens (primary N) is 1. The lowest BCUT2D eigenvalue weighted by Crippen LogP contribution is -2.51. The summed E-state index contributed by atoms with van der Waals surface area (Å²) in [4.78, 5) is 2.72. The summed E-state index contributed by atoms with van der Waals surface area (Å²) in [6.45, 7) is 4.74. The van der Waals surface area contributed by atoms with Crippen LogP contribution in [0.15, 0.2) is 0 Å². The van der Waals surface area contributed by atoms with E-state index in [9.17, 15) is 0 Å². The lowest BCUT2D eigenvalue weighted by atomic mass is 9.84. The van der Waals surface area contributed by atoms with E-state index in [0.29, 0.717) is 0 Å². The third-order valence-corrected chi connectivity index (χ3v) is 5.18. The van der Waals surface area contributed by atoms with Gasteiger partial charge >= 0.3 is 0 Å². The monoisotopic (exact) mass is 222 g/mol. The van der Waals surface area contributed by atoms with Gasteiger partial charge in [-0.3, -0.25) is 4.90 Å². The first-order chi connectivity index (χ1) is 7.67. The quantitative estimate of drug-likeness (QED) is 0.794. The second-order valence-electron chi connectivity index (χ2n) is 6.65. The van der Waals surface area contributed by atoms with Crippen LogP contribution in [0.2, 0.25) is 0 Å². The van der Waals surface area contributed by atoms with Crippen LogP contribution in [-0.2, 0) is 0 Å². The molecule has 2 aliphatic carbocycles. The second kappa shape index (κ2) is 3.99. The van der Waals surface area contributed by atoms with Gasteiger partial charge in [0.1, 0.15) is 0 Å². The Morgan fingerprint density at radius 3 is 2.62 bits per heavy atom. The predicted molar refractivity (Wildman–Crippen MR) is 67.3 cm³/mol. The molecular formula is C14H26N2. The van der Waals surface area contributed by atoms with Gasteiger partial charge in [0.15, 0.2) is 0 Å². The Morgan fingerprint density at radius 2 is 1.88 bits per heavy atom. The van der Waals surface area contributed by atoms with Gasteiger partial charge in [0.25, 0.3) is 0 Å². The molecule has 1 saturated heterocycles. The van der Waals surface area contributed by atoms with Gasteiger partial charge in [-0.15, -0.1) is 0 Å². The van der Waals surface area contributed by atoms with E-state index in [1.807, 2.05) is 0 Å². The Hall–Kier alpha value is -0.0800. The fraction of sp³-hybridized carbons (Fsp3) is 1.00. The van der Waals surface area contributed by atoms with E-state index in [4.69, 9.17) is 5.73 Å². The van der Waals surface area contributed by atoms with Gasteiger partial charge in [0.05, 0.1) is 0 Å². The fourth-order valence-corrected chi connectivity index (χ4v) is 4.01. The van der Waals surface area contributed by atoms with Crippen LogP contribution in [0, 0.1) is 11.8 Å². The molecule has 0 aromatic carbocycles. The van der Waals surface area contributed by atoms with Crippen molar-refractivity contribution in [2.24, 2.45) is 17.6 Å². The molecular weight excluding hydrogens is 196 g/mol. The maximum absolute atomic E-state index is 6.48. The average Bonchev–Trinajstić information content (AvgIpc) is 3.04. The van der Waals surface area contributed by atoms with Crippen LogP contribution in [-0.4, -0.2) is 29.6 Å². The van der Waals surface area contributed by atoms with Crippen LogP contribution >= 0.6 is 0 Å². The van der Waals surface area contributed by atoms with E-state index in [1.165, 1.54) is 51.5 Å². The number of fused-ring (bicyclic) bond motifs is 1. The standard InChI is InChI=1S/C14H26N2/c1-14(15,12-6-7-12)10-16-9-8-11-4-2-3-5-13(11)16/h11-13H,2-10,15H2,1H3. The van der Waals surface area contributed by atoms with Crippen molar-refractivity contribution in [2.75, 3.05) is 13.1 Å². The number of rotatable bonds is 3. The maximum Gasteiger partial charge on any atom is 0.0283 e. The normalized spacial score (nSPS) is 39.4. The van der Waals surface area contributed by atoms with Crippen molar-refractivity contribution in [1.82, 2.24) is 4.90 Å². The lowest BCUT2D eigenvalue weighted by Gasteiger charge is -2.37. The van der Waals surface area contributed by atoms with E-state index in [2.05, 4.69) is 11.8 Å². The van der Waals surface area contributed by atoms with Crippen molar-refractivity contribution in [3.8, 4) is 0 Å². The molecule has 3 atom stereocenters. The van der Waals surface area contributed by atoms with Crippen molar-refractivity contribution in [3.05, 3.63) is 0 Å². The largest absolute Gasteiger partial charge is 0.324 e. The Bertz CT molecular complexity index is 257. The summed E-state index contributed by atoms with van der Waals surface area (Å²) >= 11 is 0. The highest BCUT2D eigenvalue weighted by Gasteiger charge is 2.43. The zero-order chi connectivity index (χ0) is 11.2. The Kier molecular flexibility index (Phi) is 2.75. The van der Waals surface area contributed by atoms with E-state index in [1.54, 1.807) is 0 Å². The van der Waals surface area contributed by atoms with Crippen molar-refractivity contribution in [2.45, 2.75) is 63.5 Å². The van der Waals surface area contributed by atoms with Gasteiger partial charge in [-0.25, -0.2) is 0 Å². The van der Waals surface area contributed by atoms with Crippen molar-refractivity contribution >= 4 is 0 Å². The van der Waals surface area contributed by atoms with Crippen molar-refractivity contribution in [1.29, 1.82) is 0 Å². The van der Waals surface area contributed by atoms with Crippen LogP contribution in [0.5, 0.6) is 0 Å². The summed E-state index contributed by atoms with van der Waals surface area (Å²) in [6, 6.07) is 0.885. The zero-order valence-electron chi connectivity index (χ0n) is 10.6. The molecule has 3 rings (SSSR count). The first-order valence-electron chi connectivity index (χ1n) is 7.20. The summed E-state index contributed by atoms with van der Waals surface area (Å²) in [7, 11) is 0. The molecule has 0 radical (unpaired) electrons. The van der Waals surface area contributed by atoms with E-state index in [-0.39, 0.29) is 5.54 Å². The first-order valence-corrected chi connectivity index (χ1v) is 7.20. The first kappa shape index (κ1) is 11.0. The molecule has 2 heteroatoms. The molecule has 0 spiro atoms. The molecule has 2 nitrogen and oxygen atoms in total. The van der Waals surface area contributed by atoms with Crippen LogP contribution in [0.3, 0.4) is 0 Å². The van der Waals surface area contributed by atoms with Gasteiger partial charge < -0.3 is 5.73 Å². The molecule has 0 amide bonds. The smallest absolute Gasteiger partial charge is 0.0283 e. The SMILES string of the molecule is CC(N)(CN1CCC2CCCCC21)C1CC1. The molecule has 0 aromatic heterocycles. The molecule has 3 unspecified atom stereocenters. The summed E-state index contributed by atoms with van der Waals surface area (Å²) in [5, 5.41) is 0.